The van der Waals surface area contributed by atoms with E-state index in [1.807, 2.05) is 4.72 Å². The molecule has 1 rings (SSSR count). The van der Waals surface area contributed by atoms with Crippen LogP contribution in [-0.4, -0.2) is 15.5 Å². The number of nitrogens with two attached hydrogens (primary N) is 1. The van der Waals surface area contributed by atoms with E-state index in [2.05, 4.69) is 0 Å². The molecule has 0 aliphatic rings. The van der Waals surface area contributed by atoms with Crippen LogP contribution in [0.15, 0.2) is 23.1 Å². The molecule has 0 heterocycles. The minimum Gasteiger partial charge on any atom is -0.326 e. The topological polar surface area (TPSA) is 72.2 Å². The quantitative estimate of drug-likeness (QED) is 0.760. The average Bonchev–Trinajstić information content (AvgIpc) is 2.18. The van der Waals surface area contributed by atoms with Gasteiger partial charge in [-0.3, -0.25) is 0 Å². The summed E-state index contributed by atoms with van der Waals surface area (Å²) in [5, 5.41) is 0. The number of nitrogens with one attached hydrogen (secondary N) is 1. The van der Waals surface area contributed by atoms with Crippen molar-refractivity contribution in [2.45, 2.75) is 11.4 Å². The van der Waals surface area contributed by atoms with E-state index in [1.165, 1.54) is 19.2 Å². The Morgan fingerprint density at radius 3 is 2.64 bits per heavy atom. The van der Waals surface area contributed by atoms with Crippen LogP contribution in [0.3, 0.4) is 0 Å². The van der Waals surface area contributed by atoms with Gasteiger partial charge in [0.2, 0.25) is 10.0 Å². The first-order chi connectivity index (χ1) is 6.51. The Morgan fingerprint density at radius 2 is 2.14 bits per heavy atom. The molecule has 0 radical (unpaired) electrons. The fraction of sp³-hybridized carbons (Fsp3) is 0.250. The van der Waals surface area contributed by atoms with Gasteiger partial charge in [-0.05, 0) is 24.7 Å². The maximum absolute atomic E-state index is 13.1. The fourth-order valence-corrected chi connectivity index (χ4v) is 1.84. The van der Waals surface area contributed by atoms with Crippen molar-refractivity contribution in [1.82, 2.24) is 4.72 Å². The summed E-state index contributed by atoms with van der Waals surface area (Å²) in [6.07, 6.45) is 0. The number of rotatable bonds is 3. The third-order valence-electron chi connectivity index (χ3n) is 1.79. The van der Waals surface area contributed by atoms with Crippen molar-refractivity contribution < 1.29 is 12.8 Å². The maximum atomic E-state index is 13.1. The highest BCUT2D eigenvalue weighted by atomic mass is 32.2. The van der Waals surface area contributed by atoms with Gasteiger partial charge >= 0.3 is 0 Å². The normalized spacial score (nSPS) is 11.6. The zero-order valence-electron chi connectivity index (χ0n) is 7.62. The molecule has 3 N–H and O–H groups in total. The van der Waals surface area contributed by atoms with Crippen molar-refractivity contribution in [2.24, 2.45) is 5.73 Å². The Labute approximate surface area is 82.0 Å². The van der Waals surface area contributed by atoms with E-state index >= 15 is 0 Å². The zero-order chi connectivity index (χ0) is 10.8. The molecule has 1 aromatic rings. The Kier molecular flexibility index (Phi) is 3.20. The molecule has 4 nitrogen and oxygen atoms in total. The Bertz CT molecular complexity index is 431. The summed E-state index contributed by atoms with van der Waals surface area (Å²) in [6, 6.07) is 3.76. The van der Waals surface area contributed by atoms with Gasteiger partial charge in [-0.25, -0.2) is 17.5 Å². The van der Waals surface area contributed by atoms with Gasteiger partial charge in [0.15, 0.2) is 0 Å². The van der Waals surface area contributed by atoms with E-state index in [4.69, 9.17) is 5.73 Å². The Morgan fingerprint density at radius 1 is 1.50 bits per heavy atom. The molecule has 0 aliphatic heterocycles. The van der Waals surface area contributed by atoms with Crippen LogP contribution in [0.2, 0.25) is 0 Å². The zero-order valence-corrected chi connectivity index (χ0v) is 8.44. The van der Waals surface area contributed by atoms with Crippen LogP contribution in [0.4, 0.5) is 4.39 Å². The van der Waals surface area contributed by atoms with Crippen molar-refractivity contribution in [3.8, 4) is 0 Å². The molecule has 6 heteroatoms. The van der Waals surface area contributed by atoms with Crippen LogP contribution < -0.4 is 10.5 Å². The van der Waals surface area contributed by atoms with Gasteiger partial charge < -0.3 is 5.73 Å². The summed E-state index contributed by atoms with van der Waals surface area (Å²) in [5.41, 5.74) is 5.89. The molecule has 1 aromatic carbocycles. The first kappa shape index (κ1) is 11.1. The van der Waals surface area contributed by atoms with E-state index in [0.29, 0.717) is 5.56 Å². The number of benzene rings is 1. The Hall–Kier alpha value is -0.980. The van der Waals surface area contributed by atoms with Crippen molar-refractivity contribution in [3.05, 3.63) is 29.6 Å². The van der Waals surface area contributed by atoms with Crippen molar-refractivity contribution in [3.63, 3.8) is 0 Å². The van der Waals surface area contributed by atoms with E-state index < -0.39 is 15.8 Å². The lowest BCUT2D eigenvalue weighted by Crippen LogP contribution is -2.20. The van der Waals surface area contributed by atoms with Gasteiger partial charge in [0.25, 0.3) is 0 Å². The SMILES string of the molecule is CNS(=O)(=O)c1cc(CN)ccc1F. The number of hydrogen-bond donors (Lipinski definition) is 2. The summed E-state index contributed by atoms with van der Waals surface area (Å²) in [7, 11) is -2.52. The van der Waals surface area contributed by atoms with Crippen molar-refractivity contribution >= 4 is 10.0 Å². The molecule has 0 amide bonds. The third-order valence-corrected chi connectivity index (χ3v) is 3.22. The van der Waals surface area contributed by atoms with E-state index in [1.54, 1.807) is 0 Å². The molecule has 0 aromatic heterocycles. The minimum absolute atomic E-state index is 0.173. The second-order valence-electron chi connectivity index (χ2n) is 2.68. The third kappa shape index (κ3) is 2.09. The monoisotopic (exact) mass is 218 g/mol. The fourth-order valence-electron chi connectivity index (χ4n) is 0.991. The van der Waals surface area contributed by atoms with Gasteiger partial charge in [0, 0.05) is 6.54 Å². The van der Waals surface area contributed by atoms with Crippen LogP contribution in [0.5, 0.6) is 0 Å². The number of halogens is 1. The highest BCUT2D eigenvalue weighted by Gasteiger charge is 2.16. The van der Waals surface area contributed by atoms with Crippen LogP contribution in [0.25, 0.3) is 0 Å². The standard InChI is InChI=1S/C8H11FN2O2S/c1-11-14(12,13)8-4-6(5-10)2-3-7(8)9/h2-4,11H,5,10H2,1H3. The predicted octanol–water partition coefficient (Wildman–Crippen LogP) is 0.193. The first-order valence-electron chi connectivity index (χ1n) is 3.93. The van der Waals surface area contributed by atoms with E-state index in [9.17, 15) is 12.8 Å². The lowest BCUT2D eigenvalue weighted by molar-refractivity contribution is 0.560. The molecule has 0 atom stereocenters. The van der Waals surface area contributed by atoms with Crippen LogP contribution in [0.1, 0.15) is 5.56 Å². The maximum Gasteiger partial charge on any atom is 0.243 e. The molecule has 0 saturated heterocycles. The molecule has 14 heavy (non-hydrogen) atoms. The molecule has 0 saturated carbocycles. The van der Waals surface area contributed by atoms with Gasteiger partial charge in [0.1, 0.15) is 10.7 Å². The smallest absolute Gasteiger partial charge is 0.243 e. The predicted molar refractivity (Wildman–Crippen MR) is 50.5 cm³/mol. The molecule has 0 aliphatic carbocycles. The van der Waals surface area contributed by atoms with Gasteiger partial charge in [-0.1, -0.05) is 6.07 Å². The average molecular weight is 218 g/mol. The molecule has 0 unspecified atom stereocenters. The number of sulfonamides is 1. The molecular formula is C8H11FN2O2S. The molecule has 0 bridgehead atoms. The second kappa shape index (κ2) is 4.04. The number of hydrogen-bond acceptors (Lipinski definition) is 3. The summed E-state index contributed by atoms with van der Waals surface area (Å²) >= 11 is 0. The highest BCUT2D eigenvalue weighted by molar-refractivity contribution is 7.89. The van der Waals surface area contributed by atoms with Gasteiger partial charge in [-0.2, -0.15) is 0 Å². The second-order valence-corrected chi connectivity index (χ2v) is 4.53. The summed E-state index contributed by atoms with van der Waals surface area (Å²) in [5.74, 6) is -0.781. The van der Waals surface area contributed by atoms with E-state index in [0.717, 1.165) is 6.07 Å². The lowest BCUT2D eigenvalue weighted by Gasteiger charge is -2.05. The van der Waals surface area contributed by atoms with Crippen molar-refractivity contribution in [1.29, 1.82) is 0 Å². The summed E-state index contributed by atoms with van der Waals surface area (Å²) in [4.78, 5) is -0.372. The van der Waals surface area contributed by atoms with Gasteiger partial charge in [-0.15, -0.1) is 0 Å². The Balaban J connectivity index is 3.33. The first-order valence-corrected chi connectivity index (χ1v) is 5.41. The summed E-state index contributed by atoms with van der Waals surface area (Å²) < 4.78 is 37.8. The molecular weight excluding hydrogens is 207 g/mol. The van der Waals surface area contributed by atoms with Crippen LogP contribution in [-0.2, 0) is 16.6 Å². The van der Waals surface area contributed by atoms with Crippen LogP contribution >= 0.6 is 0 Å². The van der Waals surface area contributed by atoms with Gasteiger partial charge in [0.05, 0.1) is 0 Å². The molecule has 78 valence electrons. The highest BCUT2D eigenvalue weighted by Crippen LogP contribution is 2.15. The van der Waals surface area contributed by atoms with E-state index in [-0.39, 0.29) is 11.4 Å². The summed E-state index contributed by atoms with van der Waals surface area (Å²) in [6.45, 7) is 0.173. The molecule has 0 spiro atoms. The molecule has 0 fully saturated rings. The minimum atomic E-state index is -3.74. The lowest BCUT2D eigenvalue weighted by atomic mass is 10.2. The van der Waals surface area contributed by atoms with Crippen LogP contribution in [0, 0.1) is 5.82 Å². The van der Waals surface area contributed by atoms with Crippen molar-refractivity contribution in [2.75, 3.05) is 7.05 Å². The largest absolute Gasteiger partial charge is 0.326 e.